The fraction of sp³-hybridized carbons (Fsp3) is 0.769. The van der Waals surface area contributed by atoms with E-state index in [9.17, 15) is 0 Å². The lowest BCUT2D eigenvalue weighted by atomic mass is 9.75. The molecule has 0 radical (unpaired) electrons. The molecule has 1 aliphatic carbocycles. The molecular formula is C13H20N2OS. The van der Waals surface area contributed by atoms with Gasteiger partial charge in [-0.25, -0.2) is 4.98 Å². The van der Waals surface area contributed by atoms with Crippen LogP contribution in [-0.2, 0) is 4.74 Å². The fourth-order valence-corrected chi connectivity index (χ4v) is 3.92. The summed E-state index contributed by atoms with van der Waals surface area (Å²) in [6, 6.07) is 0.309. The van der Waals surface area contributed by atoms with Crippen LogP contribution in [0.1, 0.15) is 43.7 Å². The molecule has 3 nitrogen and oxygen atoms in total. The molecule has 3 rings (SSSR count). The van der Waals surface area contributed by atoms with Crippen molar-refractivity contribution in [1.82, 2.24) is 10.3 Å². The van der Waals surface area contributed by atoms with E-state index < -0.39 is 0 Å². The van der Waals surface area contributed by atoms with E-state index in [-0.39, 0.29) is 5.60 Å². The van der Waals surface area contributed by atoms with Crippen molar-refractivity contribution in [1.29, 1.82) is 0 Å². The molecule has 1 spiro atoms. The van der Waals surface area contributed by atoms with Gasteiger partial charge >= 0.3 is 0 Å². The normalized spacial score (nSPS) is 38.4. The van der Waals surface area contributed by atoms with Crippen molar-refractivity contribution in [2.24, 2.45) is 5.92 Å². The van der Waals surface area contributed by atoms with Crippen LogP contribution in [0.2, 0.25) is 0 Å². The second kappa shape index (κ2) is 4.67. The van der Waals surface area contributed by atoms with Crippen LogP contribution in [0.15, 0.2) is 11.6 Å². The van der Waals surface area contributed by atoms with Crippen molar-refractivity contribution in [2.75, 3.05) is 13.2 Å². The summed E-state index contributed by atoms with van der Waals surface area (Å²) >= 11 is 1.74. The molecule has 1 aliphatic heterocycles. The Labute approximate surface area is 107 Å². The molecule has 1 unspecified atom stereocenters. The molecule has 0 bridgehead atoms. The molecule has 1 aromatic heterocycles. The average molecular weight is 252 g/mol. The summed E-state index contributed by atoms with van der Waals surface area (Å²) in [6.45, 7) is 4.14. The van der Waals surface area contributed by atoms with Gasteiger partial charge in [-0.3, -0.25) is 0 Å². The third-order valence-corrected chi connectivity index (χ3v) is 5.03. The van der Waals surface area contributed by atoms with Crippen molar-refractivity contribution in [3.05, 3.63) is 16.6 Å². The van der Waals surface area contributed by atoms with Crippen LogP contribution in [0.4, 0.5) is 0 Å². The summed E-state index contributed by atoms with van der Waals surface area (Å²) in [5, 5.41) is 6.87. The summed E-state index contributed by atoms with van der Waals surface area (Å²) in [7, 11) is 0. The summed E-state index contributed by atoms with van der Waals surface area (Å²) in [5.41, 5.74) is 0.0165. The summed E-state index contributed by atoms with van der Waals surface area (Å²) in [6.07, 6.45) is 6.80. The predicted molar refractivity (Wildman–Crippen MR) is 69.2 cm³/mol. The summed E-state index contributed by atoms with van der Waals surface area (Å²) in [5.74, 6) is 0.850. The van der Waals surface area contributed by atoms with Crippen molar-refractivity contribution in [3.8, 4) is 0 Å². The molecule has 94 valence electrons. The molecular weight excluding hydrogens is 232 g/mol. The standard InChI is InChI=1S/C13H20N2OS/c1-10-2-4-13(5-3-10)11(14-6-8-16-13)12-15-7-9-17-12/h7,9-11,14H,2-6,8H2,1H3. The third-order valence-electron chi connectivity index (χ3n) is 4.19. The Morgan fingerprint density at radius 3 is 3.00 bits per heavy atom. The van der Waals surface area contributed by atoms with Crippen molar-refractivity contribution >= 4 is 11.3 Å². The Balaban J connectivity index is 1.84. The first kappa shape index (κ1) is 11.6. The van der Waals surface area contributed by atoms with Gasteiger partial charge in [0.2, 0.25) is 0 Å². The molecule has 0 aromatic carbocycles. The number of hydrogen-bond donors (Lipinski definition) is 1. The zero-order chi connectivity index (χ0) is 11.7. The van der Waals surface area contributed by atoms with Crippen LogP contribution in [-0.4, -0.2) is 23.7 Å². The number of nitrogens with one attached hydrogen (secondary N) is 1. The first-order valence-electron chi connectivity index (χ1n) is 6.57. The quantitative estimate of drug-likeness (QED) is 0.834. The lowest BCUT2D eigenvalue weighted by molar-refractivity contribution is -0.124. The number of rotatable bonds is 1. The first-order valence-corrected chi connectivity index (χ1v) is 7.45. The summed E-state index contributed by atoms with van der Waals surface area (Å²) < 4.78 is 6.20. The van der Waals surface area contributed by atoms with E-state index in [1.807, 2.05) is 6.20 Å². The molecule has 2 aliphatic rings. The highest BCUT2D eigenvalue weighted by Gasteiger charge is 2.45. The SMILES string of the molecule is CC1CCC2(CC1)OCCNC2c1nccs1. The summed E-state index contributed by atoms with van der Waals surface area (Å²) in [4.78, 5) is 4.48. The van der Waals surface area contributed by atoms with Gasteiger partial charge in [-0.15, -0.1) is 11.3 Å². The van der Waals surface area contributed by atoms with Gasteiger partial charge in [0.1, 0.15) is 5.01 Å². The van der Waals surface area contributed by atoms with Gasteiger partial charge in [-0.1, -0.05) is 6.92 Å². The van der Waals surface area contributed by atoms with E-state index in [0.717, 1.165) is 19.1 Å². The Bertz CT molecular complexity index is 358. The van der Waals surface area contributed by atoms with Crippen LogP contribution >= 0.6 is 11.3 Å². The number of aromatic nitrogens is 1. The van der Waals surface area contributed by atoms with E-state index in [0.29, 0.717) is 6.04 Å². The van der Waals surface area contributed by atoms with Crippen LogP contribution < -0.4 is 5.32 Å². The molecule has 1 atom stereocenters. The van der Waals surface area contributed by atoms with Gasteiger partial charge in [0.25, 0.3) is 0 Å². The Hall–Kier alpha value is -0.450. The second-order valence-corrected chi connectivity index (χ2v) is 6.28. The number of hydrogen-bond acceptors (Lipinski definition) is 4. The van der Waals surface area contributed by atoms with E-state index in [1.54, 1.807) is 11.3 Å². The van der Waals surface area contributed by atoms with E-state index in [2.05, 4.69) is 22.6 Å². The lowest BCUT2D eigenvalue weighted by Crippen LogP contribution is -2.53. The molecule has 2 heterocycles. The fourth-order valence-electron chi connectivity index (χ4n) is 3.10. The van der Waals surface area contributed by atoms with Crippen LogP contribution in [0, 0.1) is 5.92 Å². The highest BCUT2D eigenvalue weighted by molar-refractivity contribution is 7.09. The molecule has 0 amide bonds. The third kappa shape index (κ3) is 2.14. The molecule has 1 aromatic rings. The maximum atomic E-state index is 6.20. The highest BCUT2D eigenvalue weighted by Crippen LogP contribution is 2.44. The minimum atomic E-state index is 0.0165. The number of nitrogens with zero attached hydrogens (tertiary/aromatic N) is 1. The zero-order valence-electron chi connectivity index (χ0n) is 10.3. The van der Waals surface area contributed by atoms with E-state index in [1.165, 1.54) is 30.7 Å². The van der Waals surface area contributed by atoms with E-state index in [4.69, 9.17) is 4.74 Å². The molecule has 1 saturated carbocycles. The van der Waals surface area contributed by atoms with Crippen LogP contribution in [0.25, 0.3) is 0 Å². The Morgan fingerprint density at radius 2 is 2.29 bits per heavy atom. The van der Waals surface area contributed by atoms with Gasteiger partial charge in [0.05, 0.1) is 18.2 Å². The highest BCUT2D eigenvalue weighted by atomic mass is 32.1. The van der Waals surface area contributed by atoms with Gasteiger partial charge in [0.15, 0.2) is 0 Å². The predicted octanol–water partition coefficient (Wildman–Crippen LogP) is 2.75. The lowest BCUT2D eigenvalue weighted by Gasteiger charge is -2.47. The monoisotopic (exact) mass is 252 g/mol. The smallest absolute Gasteiger partial charge is 0.112 e. The van der Waals surface area contributed by atoms with Crippen molar-refractivity contribution < 1.29 is 4.74 Å². The molecule has 4 heteroatoms. The molecule has 1 saturated heterocycles. The largest absolute Gasteiger partial charge is 0.372 e. The molecule has 17 heavy (non-hydrogen) atoms. The van der Waals surface area contributed by atoms with Gasteiger partial charge in [-0.05, 0) is 31.6 Å². The first-order chi connectivity index (χ1) is 8.30. The van der Waals surface area contributed by atoms with Crippen LogP contribution in [0.5, 0.6) is 0 Å². The maximum Gasteiger partial charge on any atom is 0.112 e. The maximum absolute atomic E-state index is 6.20. The zero-order valence-corrected chi connectivity index (χ0v) is 11.1. The minimum Gasteiger partial charge on any atom is -0.372 e. The molecule has 1 N–H and O–H groups in total. The van der Waals surface area contributed by atoms with E-state index >= 15 is 0 Å². The number of morpholine rings is 1. The number of ether oxygens (including phenoxy) is 1. The van der Waals surface area contributed by atoms with Gasteiger partial charge in [0, 0.05) is 18.1 Å². The van der Waals surface area contributed by atoms with Crippen LogP contribution in [0.3, 0.4) is 0 Å². The topological polar surface area (TPSA) is 34.1 Å². The van der Waals surface area contributed by atoms with Crippen molar-refractivity contribution in [3.63, 3.8) is 0 Å². The minimum absolute atomic E-state index is 0.0165. The molecule has 2 fully saturated rings. The van der Waals surface area contributed by atoms with Gasteiger partial charge < -0.3 is 10.1 Å². The second-order valence-electron chi connectivity index (χ2n) is 5.35. The average Bonchev–Trinajstić information content (AvgIpc) is 2.87. The Morgan fingerprint density at radius 1 is 1.47 bits per heavy atom. The van der Waals surface area contributed by atoms with Gasteiger partial charge in [-0.2, -0.15) is 0 Å². The van der Waals surface area contributed by atoms with Crippen molar-refractivity contribution in [2.45, 2.75) is 44.2 Å². The Kier molecular flexibility index (Phi) is 3.19. The number of thiazole rings is 1.